The summed E-state index contributed by atoms with van der Waals surface area (Å²) in [5.41, 5.74) is 1.59. The lowest BCUT2D eigenvalue weighted by Gasteiger charge is -2.22. The van der Waals surface area contributed by atoms with Crippen LogP contribution in [0.1, 0.15) is 51.9 Å². The van der Waals surface area contributed by atoms with Gasteiger partial charge in [0.25, 0.3) is 5.91 Å². The van der Waals surface area contributed by atoms with Crippen molar-refractivity contribution in [2.45, 2.75) is 25.4 Å². The Kier molecular flexibility index (Phi) is 5.72. The first-order valence-corrected chi connectivity index (χ1v) is 11.9. The number of anilines is 1. The second-order valence-electron chi connectivity index (χ2n) is 8.21. The van der Waals surface area contributed by atoms with Gasteiger partial charge in [0.05, 0.1) is 5.56 Å². The number of thiazole rings is 1. The van der Waals surface area contributed by atoms with E-state index in [2.05, 4.69) is 4.98 Å². The number of fused-ring (bicyclic) bond motifs is 1. The second-order valence-corrected chi connectivity index (χ2v) is 9.05. The highest BCUT2D eigenvalue weighted by molar-refractivity contribution is 7.14. The zero-order valence-electron chi connectivity index (χ0n) is 18.3. The first kappa shape index (κ1) is 21.4. The maximum absolute atomic E-state index is 13.4. The van der Waals surface area contributed by atoms with E-state index in [1.165, 1.54) is 11.3 Å². The molecule has 2 aliphatic heterocycles. The summed E-state index contributed by atoms with van der Waals surface area (Å²) in [6.07, 6.45) is 3.14. The molecule has 2 amide bonds. The molecule has 1 saturated heterocycles. The van der Waals surface area contributed by atoms with E-state index in [-0.39, 0.29) is 17.6 Å². The lowest BCUT2D eigenvalue weighted by Crippen LogP contribution is -2.35. The molecule has 0 aliphatic carbocycles. The molecule has 9 heteroatoms. The van der Waals surface area contributed by atoms with Crippen molar-refractivity contribution < 1.29 is 19.1 Å². The fraction of sp³-hybridized carbons (Fsp3) is 0.333. The molecule has 1 aromatic carbocycles. The van der Waals surface area contributed by atoms with Gasteiger partial charge in [-0.1, -0.05) is 12.1 Å². The number of likely N-dealkylation sites (tertiary alicyclic amines) is 1. The van der Waals surface area contributed by atoms with E-state index in [0.29, 0.717) is 53.8 Å². The molecule has 2 aliphatic rings. The molecule has 3 aromatic rings. The van der Waals surface area contributed by atoms with Crippen LogP contribution in [-0.4, -0.2) is 51.7 Å². The zero-order valence-corrected chi connectivity index (χ0v) is 19.1. The van der Waals surface area contributed by atoms with E-state index in [1.807, 2.05) is 30.3 Å². The minimum absolute atomic E-state index is 0.129. The summed E-state index contributed by atoms with van der Waals surface area (Å²) in [4.78, 5) is 46.3. The molecule has 0 bridgehead atoms. The number of hydrogen-bond donors (Lipinski definition) is 0. The highest BCUT2D eigenvalue weighted by Gasteiger charge is 2.36. The average Bonchev–Trinajstić information content (AvgIpc) is 3.60. The lowest BCUT2D eigenvalue weighted by atomic mass is 10.1. The van der Waals surface area contributed by atoms with Gasteiger partial charge in [-0.2, -0.15) is 0 Å². The number of carbonyl (C=O) groups is 3. The van der Waals surface area contributed by atoms with Gasteiger partial charge in [0, 0.05) is 44.7 Å². The van der Waals surface area contributed by atoms with Crippen LogP contribution < -0.4 is 9.64 Å². The highest BCUT2D eigenvalue weighted by atomic mass is 32.1. The summed E-state index contributed by atoms with van der Waals surface area (Å²) in [6.45, 7) is 1.79. The summed E-state index contributed by atoms with van der Waals surface area (Å²) in [7, 11) is 1.82. The third-order valence-electron chi connectivity index (χ3n) is 6.03. The number of nitrogens with zero attached hydrogens (tertiary/aromatic N) is 4. The molecule has 1 atom stereocenters. The topological polar surface area (TPSA) is 84.7 Å². The van der Waals surface area contributed by atoms with E-state index in [9.17, 15) is 14.4 Å². The zero-order chi connectivity index (χ0) is 22.9. The maximum atomic E-state index is 13.4. The van der Waals surface area contributed by atoms with Gasteiger partial charge in [0.1, 0.15) is 17.1 Å². The number of para-hydroxylation sites is 1. The van der Waals surface area contributed by atoms with Gasteiger partial charge >= 0.3 is 0 Å². The monoisotopic (exact) mass is 464 g/mol. The number of aryl methyl sites for hydroxylation is 1. The van der Waals surface area contributed by atoms with Crippen molar-refractivity contribution >= 4 is 34.1 Å². The summed E-state index contributed by atoms with van der Waals surface area (Å²) in [5.74, 6) is 0.422. The van der Waals surface area contributed by atoms with Crippen LogP contribution in [0, 0.1) is 0 Å². The van der Waals surface area contributed by atoms with E-state index in [0.717, 1.165) is 13.0 Å². The van der Waals surface area contributed by atoms with Gasteiger partial charge < -0.3 is 14.2 Å². The predicted octanol–water partition coefficient (Wildman–Crippen LogP) is 3.46. The molecule has 170 valence electrons. The maximum Gasteiger partial charge on any atom is 0.276 e. The molecule has 0 radical (unpaired) electrons. The van der Waals surface area contributed by atoms with Gasteiger partial charge in [-0.05, 0) is 37.1 Å². The minimum atomic E-state index is -0.804. The number of aromatic nitrogens is 2. The number of benzene rings is 1. The van der Waals surface area contributed by atoms with Crippen LogP contribution in [0.4, 0.5) is 5.13 Å². The second kappa shape index (κ2) is 8.82. The van der Waals surface area contributed by atoms with Gasteiger partial charge in [0.15, 0.2) is 5.13 Å². The standard InChI is InChI=1S/C24H24N4O4S/c1-26-11-4-8-18(26)23(31)28(14-6-13-27-12-5-10-20(27)29)24-25-17(15-33-24)22-21(30)16-7-2-3-9-19(16)32-22/h2-4,7-9,11,15,22H,5-6,10,12-14H2,1H3. The van der Waals surface area contributed by atoms with Gasteiger partial charge in [0.2, 0.25) is 17.8 Å². The molecule has 0 saturated carbocycles. The van der Waals surface area contributed by atoms with Crippen molar-refractivity contribution in [3.8, 4) is 5.75 Å². The van der Waals surface area contributed by atoms with Gasteiger partial charge in [-0.25, -0.2) is 4.98 Å². The Hall–Kier alpha value is -3.46. The van der Waals surface area contributed by atoms with Crippen LogP contribution in [0.5, 0.6) is 5.75 Å². The predicted molar refractivity (Wildman–Crippen MR) is 124 cm³/mol. The quantitative estimate of drug-likeness (QED) is 0.535. The van der Waals surface area contributed by atoms with Crippen LogP contribution in [0.25, 0.3) is 0 Å². The van der Waals surface area contributed by atoms with Crippen molar-refractivity contribution in [2.24, 2.45) is 7.05 Å². The number of hydrogen-bond acceptors (Lipinski definition) is 6. The van der Waals surface area contributed by atoms with Gasteiger partial charge in [-0.15, -0.1) is 11.3 Å². The summed E-state index contributed by atoms with van der Waals surface area (Å²) < 4.78 is 7.63. The molecule has 1 fully saturated rings. The van der Waals surface area contributed by atoms with Crippen LogP contribution >= 0.6 is 11.3 Å². The fourth-order valence-corrected chi connectivity index (χ4v) is 5.14. The summed E-state index contributed by atoms with van der Waals surface area (Å²) in [6, 6.07) is 10.7. The number of ether oxygens (including phenoxy) is 1. The van der Waals surface area contributed by atoms with Crippen LogP contribution in [0.15, 0.2) is 48.0 Å². The Morgan fingerprint density at radius 2 is 2.09 bits per heavy atom. The molecule has 4 heterocycles. The third-order valence-corrected chi connectivity index (χ3v) is 6.92. The number of Topliss-reactive ketones (excluding diaryl/α,β-unsaturated/α-hetero) is 1. The van der Waals surface area contributed by atoms with Crippen molar-refractivity contribution in [2.75, 3.05) is 24.5 Å². The Balaban J connectivity index is 1.37. The highest BCUT2D eigenvalue weighted by Crippen LogP contribution is 2.37. The molecule has 8 nitrogen and oxygen atoms in total. The molecular formula is C24H24N4O4S. The molecule has 2 aromatic heterocycles. The molecule has 5 rings (SSSR count). The summed E-state index contributed by atoms with van der Waals surface area (Å²) >= 11 is 1.31. The van der Waals surface area contributed by atoms with Crippen molar-refractivity contribution in [3.05, 3.63) is 64.9 Å². The smallest absolute Gasteiger partial charge is 0.276 e. The molecule has 33 heavy (non-hydrogen) atoms. The van der Waals surface area contributed by atoms with E-state index >= 15 is 0 Å². The first-order chi connectivity index (χ1) is 16.0. The van der Waals surface area contributed by atoms with Crippen molar-refractivity contribution in [1.29, 1.82) is 0 Å². The Morgan fingerprint density at radius 1 is 1.24 bits per heavy atom. The summed E-state index contributed by atoms with van der Waals surface area (Å²) in [5, 5.41) is 2.29. The number of rotatable bonds is 7. The normalized spacial score (nSPS) is 17.4. The first-order valence-electron chi connectivity index (χ1n) is 11.0. The molecule has 0 N–H and O–H groups in total. The Bertz CT molecular complexity index is 1220. The van der Waals surface area contributed by atoms with E-state index in [1.54, 1.807) is 39.1 Å². The number of ketones is 1. The molecular weight excluding hydrogens is 440 g/mol. The Labute approximate surface area is 195 Å². The largest absolute Gasteiger partial charge is 0.475 e. The fourth-order valence-electron chi connectivity index (χ4n) is 4.28. The average molecular weight is 465 g/mol. The minimum Gasteiger partial charge on any atom is -0.475 e. The van der Waals surface area contributed by atoms with E-state index in [4.69, 9.17) is 4.74 Å². The SMILES string of the molecule is Cn1cccc1C(=O)N(CCCN1CCCC1=O)c1nc(C2Oc3ccccc3C2=O)cs1. The number of amides is 2. The van der Waals surface area contributed by atoms with Crippen LogP contribution in [0.2, 0.25) is 0 Å². The van der Waals surface area contributed by atoms with E-state index < -0.39 is 6.10 Å². The third kappa shape index (κ3) is 4.04. The number of carbonyl (C=O) groups excluding carboxylic acids is 3. The lowest BCUT2D eigenvalue weighted by molar-refractivity contribution is -0.127. The molecule has 1 unspecified atom stereocenters. The van der Waals surface area contributed by atoms with Gasteiger partial charge in [-0.3, -0.25) is 19.3 Å². The van der Waals surface area contributed by atoms with Crippen molar-refractivity contribution in [1.82, 2.24) is 14.5 Å². The molecule has 0 spiro atoms. The van der Waals surface area contributed by atoms with Crippen molar-refractivity contribution in [3.63, 3.8) is 0 Å². The van der Waals surface area contributed by atoms with Crippen LogP contribution in [-0.2, 0) is 11.8 Å². The Morgan fingerprint density at radius 3 is 2.82 bits per heavy atom. The van der Waals surface area contributed by atoms with Crippen LogP contribution in [0.3, 0.4) is 0 Å².